The average molecular weight is 344 g/mol. The van der Waals surface area contributed by atoms with Gasteiger partial charge in [-0.25, -0.2) is 0 Å². The maximum absolute atomic E-state index is 12.5. The molecule has 3 aromatic carbocycles. The Morgan fingerprint density at radius 2 is 1.65 bits per heavy atom. The van der Waals surface area contributed by atoms with Crippen LogP contribution in [-0.2, 0) is 16.0 Å². The van der Waals surface area contributed by atoms with Gasteiger partial charge in [-0.3, -0.25) is 4.79 Å². The summed E-state index contributed by atoms with van der Waals surface area (Å²) >= 11 is 0. The molecule has 0 saturated carbocycles. The van der Waals surface area contributed by atoms with Crippen LogP contribution in [0.15, 0.2) is 84.6 Å². The molecular weight excluding hydrogens is 320 g/mol. The van der Waals surface area contributed by atoms with Gasteiger partial charge in [-0.2, -0.15) is 0 Å². The molecule has 3 aromatic rings. The number of carbonyl (C=O) groups is 1. The minimum atomic E-state index is -0.224. The summed E-state index contributed by atoms with van der Waals surface area (Å²) in [6, 6.07) is 24.5. The molecular formula is C24H24O2. The monoisotopic (exact) mass is 344 g/mol. The molecule has 0 fully saturated rings. The fourth-order valence-corrected chi connectivity index (χ4v) is 3.25. The standard InChI is InChI=1S/C24H24O2/c1-3-22(19-10-5-4-6-11-19)24(25)26-17-18(2)16-21-14-9-13-20-12-7-8-15-23(20)21/h4-15,17,22H,3,16H2,1-2H3/b18-17+. The predicted molar refractivity (Wildman–Crippen MR) is 107 cm³/mol. The lowest BCUT2D eigenvalue weighted by molar-refractivity contribution is -0.140. The number of hydrogen-bond acceptors (Lipinski definition) is 2. The van der Waals surface area contributed by atoms with Crippen molar-refractivity contribution in [3.8, 4) is 0 Å². The second-order valence-electron chi connectivity index (χ2n) is 6.59. The highest BCUT2D eigenvalue weighted by molar-refractivity contribution is 5.86. The normalized spacial score (nSPS) is 12.8. The Bertz CT molecular complexity index is 904. The molecule has 3 rings (SSSR count). The molecule has 1 unspecified atom stereocenters. The summed E-state index contributed by atoms with van der Waals surface area (Å²) in [5, 5.41) is 2.47. The highest BCUT2D eigenvalue weighted by Gasteiger charge is 2.19. The van der Waals surface area contributed by atoms with Crippen molar-refractivity contribution in [3.05, 3.63) is 95.8 Å². The Balaban J connectivity index is 1.70. The molecule has 0 heterocycles. The summed E-state index contributed by atoms with van der Waals surface area (Å²) in [7, 11) is 0. The van der Waals surface area contributed by atoms with E-state index in [0.29, 0.717) is 0 Å². The Hall–Kier alpha value is -2.87. The summed E-state index contributed by atoms with van der Waals surface area (Å²) in [6.07, 6.45) is 3.09. The number of hydrogen-bond donors (Lipinski definition) is 0. The third kappa shape index (κ3) is 4.20. The van der Waals surface area contributed by atoms with Gasteiger partial charge < -0.3 is 4.74 Å². The van der Waals surface area contributed by atoms with Gasteiger partial charge in [-0.05, 0) is 47.2 Å². The van der Waals surface area contributed by atoms with Crippen molar-refractivity contribution in [2.45, 2.75) is 32.6 Å². The minimum absolute atomic E-state index is 0.198. The summed E-state index contributed by atoms with van der Waals surface area (Å²) in [5.74, 6) is -0.422. The lowest BCUT2D eigenvalue weighted by Gasteiger charge is -2.13. The first-order valence-corrected chi connectivity index (χ1v) is 9.06. The van der Waals surface area contributed by atoms with Gasteiger partial charge in [0.25, 0.3) is 0 Å². The summed E-state index contributed by atoms with van der Waals surface area (Å²) in [5.41, 5.74) is 3.26. The van der Waals surface area contributed by atoms with Gasteiger partial charge in [0.2, 0.25) is 0 Å². The minimum Gasteiger partial charge on any atom is -0.434 e. The van der Waals surface area contributed by atoms with Crippen molar-refractivity contribution in [2.24, 2.45) is 0 Å². The third-order valence-electron chi connectivity index (χ3n) is 4.62. The van der Waals surface area contributed by atoms with Gasteiger partial charge >= 0.3 is 5.97 Å². The topological polar surface area (TPSA) is 26.3 Å². The van der Waals surface area contributed by atoms with E-state index in [2.05, 4.69) is 36.4 Å². The lowest BCUT2D eigenvalue weighted by Crippen LogP contribution is -2.13. The fourth-order valence-electron chi connectivity index (χ4n) is 3.25. The fraction of sp³-hybridized carbons (Fsp3) is 0.208. The second kappa shape index (κ2) is 8.48. The molecule has 0 aliphatic carbocycles. The van der Waals surface area contributed by atoms with E-state index in [0.717, 1.165) is 24.0 Å². The van der Waals surface area contributed by atoms with Crippen molar-refractivity contribution < 1.29 is 9.53 Å². The summed E-state index contributed by atoms with van der Waals surface area (Å²) in [4.78, 5) is 12.5. The summed E-state index contributed by atoms with van der Waals surface area (Å²) in [6.45, 7) is 4.00. The molecule has 132 valence electrons. The smallest absolute Gasteiger partial charge is 0.318 e. The number of esters is 1. The molecule has 0 aromatic heterocycles. The molecule has 0 saturated heterocycles. The quantitative estimate of drug-likeness (QED) is 0.403. The van der Waals surface area contributed by atoms with Crippen LogP contribution in [0.5, 0.6) is 0 Å². The Labute approximate surface area is 155 Å². The molecule has 0 spiro atoms. The maximum atomic E-state index is 12.5. The zero-order chi connectivity index (χ0) is 18.4. The van der Waals surface area contributed by atoms with Crippen molar-refractivity contribution in [2.75, 3.05) is 0 Å². The maximum Gasteiger partial charge on any atom is 0.318 e. The van der Waals surface area contributed by atoms with Crippen LogP contribution in [0.1, 0.15) is 37.3 Å². The van der Waals surface area contributed by atoms with Crippen LogP contribution in [0.4, 0.5) is 0 Å². The Morgan fingerprint density at radius 1 is 0.962 bits per heavy atom. The molecule has 26 heavy (non-hydrogen) atoms. The molecule has 0 radical (unpaired) electrons. The van der Waals surface area contributed by atoms with Crippen molar-refractivity contribution in [3.63, 3.8) is 0 Å². The first-order chi connectivity index (χ1) is 12.7. The van der Waals surface area contributed by atoms with E-state index in [9.17, 15) is 4.79 Å². The lowest BCUT2D eigenvalue weighted by atomic mass is 9.97. The zero-order valence-corrected chi connectivity index (χ0v) is 15.3. The molecule has 0 N–H and O–H groups in total. The van der Waals surface area contributed by atoms with Crippen molar-refractivity contribution in [1.29, 1.82) is 0 Å². The van der Waals surface area contributed by atoms with E-state index >= 15 is 0 Å². The number of allylic oxidation sites excluding steroid dienone is 1. The second-order valence-corrected chi connectivity index (χ2v) is 6.59. The van der Waals surface area contributed by atoms with Gasteiger partial charge in [0.1, 0.15) is 0 Å². The van der Waals surface area contributed by atoms with Crippen LogP contribution in [-0.4, -0.2) is 5.97 Å². The Morgan fingerprint density at radius 3 is 2.42 bits per heavy atom. The van der Waals surface area contributed by atoms with E-state index < -0.39 is 0 Å². The molecule has 0 aliphatic rings. The molecule has 0 amide bonds. The first-order valence-electron chi connectivity index (χ1n) is 9.06. The van der Waals surface area contributed by atoms with Crippen molar-refractivity contribution >= 4 is 16.7 Å². The van der Waals surface area contributed by atoms with E-state index in [4.69, 9.17) is 4.74 Å². The van der Waals surface area contributed by atoms with Gasteiger partial charge in [-0.15, -0.1) is 0 Å². The van der Waals surface area contributed by atoms with Gasteiger partial charge in [0.05, 0.1) is 12.2 Å². The SMILES string of the molecule is CCC(C(=O)O/C=C(\C)Cc1cccc2ccccc12)c1ccccc1. The van der Waals surface area contributed by atoms with E-state index in [-0.39, 0.29) is 11.9 Å². The molecule has 0 bridgehead atoms. The van der Waals surface area contributed by atoms with Crippen LogP contribution >= 0.6 is 0 Å². The van der Waals surface area contributed by atoms with Crippen LogP contribution in [0, 0.1) is 0 Å². The number of fused-ring (bicyclic) bond motifs is 1. The first kappa shape index (κ1) is 17.9. The predicted octanol–water partition coefficient (Wildman–Crippen LogP) is 6.02. The van der Waals surface area contributed by atoms with Crippen LogP contribution in [0.2, 0.25) is 0 Å². The number of benzene rings is 3. The van der Waals surface area contributed by atoms with E-state index in [1.54, 1.807) is 6.26 Å². The van der Waals surface area contributed by atoms with Gasteiger partial charge in [0.15, 0.2) is 0 Å². The molecule has 2 nitrogen and oxygen atoms in total. The molecule has 2 heteroatoms. The van der Waals surface area contributed by atoms with Crippen LogP contribution in [0.3, 0.4) is 0 Å². The molecule has 1 atom stereocenters. The number of rotatable bonds is 6. The largest absolute Gasteiger partial charge is 0.434 e. The van der Waals surface area contributed by atoms with Gasteiger partial charge in [-0.1, -0.05) is 79.7 Å². The number of carbonyl (C=O) groups excluding carboxylic acids is 1. The molecule has 0 aliphatic heterocycles. The zero-order valence-electron chi connectivity index (χ0n) is 15.3. The highest BCUT2D eigenvalue weighted by atomic mass is 16.5. The van der Waals surface area contributed by atoms with Gasteiger partial charge in [0, 0.05) is 0 Å². The van der Waals surface area contributed by atoms with Crippen LogP contribution < -0.4 is 0 Å². The average Bonchev–Trinajstić information content (AvgIpc) is 2.68. The van der Waals surface area contributed by atoms with Crippen LogP contribution in [0.25, 0.3) is 10.8 Å². The van der Waals surface area contributed by atoms with Crippen molar-refractivity contribution in [1.82, 2.24) is 0 Å². The highest BCUT2D eigenvalue weighted by Crippen LogP contribution is 2.23. The Kier molecular flexibility index (Phi) is 5.85. The number of ether oxygens (including phenoxy) is 1. The third-order valence-corrected chi connectivity index (χ3v) is 4.62. The van der Waals surface area contributed by atoms with E-state index in [1.165, 1.54) is 16.3 Å². The van der Waals surface area contributed by atoms with E-state index in [1.807, 2.05) is 50.2 Å². The summed E-state index contributed by atoms with van der Waals surface area (Å²) < 4.78 is 5.49.